The van der Waals surface area contributed by atoms with Gasteiger partial charge in [-0.1, -0.05) is 18.7 Å². The van der Waals surface area contributed by atoms with Gasteiger partial charge in [0, 0.05) is 23.9 Å². The van der Waals surface area contributed by atoms with E-state index in [1.54, 1.807) is 0 Å². The van der Waals surface area contributed by atoms with Gasteiger partial charge in [0.25, 0.3) is 0 Å². The third kappa shape index (κ3) is 5.49. The molecule has 6 nitrogen and oxygen atoms in total. The lowest BCUT2D eigenvalue weighted by atomic mass is 10.1. The van der Waals surface area contributed by atoms with Crippen molar-refractivity contribution >= 4 is 23.6 Å². The molecule has 0 fully saturated rings. The Morgan fingerprint density at radius 3 is 2.26 bits per heavy atom. The van der Waals surface area contributed by atoms with Gasteiger partial charge in [-0.05, 0) is 45.4 Å². The Bertz CT molecular complexity index is 555. The summed E-state index contributed by atoms with van der Waals surface area (Å²) in [7, 11) is 0. The van der Waals surface area contributed by atoms with E-state index in [-0.39, 0.29) is 24.9 Å². The normalized spacial score (nSPS) is 12.0. The van der Waals surface area contributed by atoms with Crippen LogP contribution in [0.15, 0.2) is 5.16 Å². The Morgan fingerprint density at radius 1 is 1.26 bits per heavy atom. The summed E-state index contributed by atoms with van der Waals surface area (Å²) < 4.78 is 0. The van der Waals surface area contributed by atoms with Gasteiger partial charge in [0.2, 0.25) is 5.91 Å². The van der Waals surface area contributed by atoms with Crippen molar-refractivity contribution in [3.05, 3.63) is 17.0 Å². The number of carbonyl (C=O) groups excluding carboxylic acids is 1. The first kappa shape index (κ1) is 19.4. The van der Waals surface area contributed by atoms with Gasteiger partial charge < -0.3 is 10.0 Å². The Labute approximate surface area is 141 Å². The minimum Gasteiger partial charge on any atom is -0.480 e. The molecular formula is C16H25N3O3S. The second kappa shape index (κ2) is 8.86. The second-order valence-electron chi connectivity index (χ2n) is 5.53. The van der Waals surface area contributed by atoms with Crippen LogP contribution in [-0.2, 0) is 16.0 Å². The Morgan fingerprint density at radius 2 is 1.83 bits per heavy atom. The summed E-state index contributed by atoms with van der Waals surface area (Å²) in [6.45, 7) is 7.38. The molecule has 0 radical (unpaired) electrons. The maximum atomic E-state index is 12.4. The molecule has 0 spiro atoms. The summed E-state index contributed by atoms with van der Waals surface area (Å²) in [4.78, 5) is 33.6. The third-order valence-electron chi connectivity index (χ3n) is 3.92. The first-order valence-electron chi connectivity index (χ1n) is 7.69. The van der Waals surface area contributed by atoms with Crippen LogP contribution in [0.4, 0.5) is 0 Å². The molecule has 1 heterocycles. The lowest BCUT2D eigenvalue weighted by molar-refractivity contribution is -0.146. The number of amides is 1. The zero-order valence-electron chi connectivity index (χ0n) is 14.4. The first-order chi connectivity index (χ1) is 10.8. The van der Waals surface area contributed by atoms with Crippen LogP contribution in [0.25, 0.3) is 0 Å². The van der Waals surface area contributed by atoms with E-state index < -0.39 is 5.97 Å². The zero-order valence-corrected chi connectivity index (χ0v) is 15.2. The minimum atomic E-state index is -0.987. The van der Waals surface area contributed by atoms with E-state index in [9.17, 15) is 9.59 Å². The summed E-state index contributed by atoms with van der Waals surface area (Å²) in [6.07, 6.45) is 3.44. The summed E-state index contributed by atoms with van der Waals surface area (Å²) in [5, 5.41) is 9.72. The summed E-state index contributed by atoms with van der Waals surface area (Å²) >= 11 is 1.49. The van der Waals surface area contributed by atoms with Gasteiger partial charge in [-0.2, -0.15) is 0 Å². The number of hydrogen-bond donors (Lipinski definition) is 1. The van der Waals surface area contributed by atoms with Gasteiger partial charge in [-0.25, -0.2) is 9.97 Å². The predicted octanol–water partition coefficient (Wildman–Crippen LogP) is 2.46. The lowest BCUT2D eigenvalue weighted by Crippen LogP contribution is -2.42. The summed E-state index contributed by atoms with van der Waals surface area (Å²) in [5.74, 6) is -1.13. The highest BCUT2D eigenvalue weighted by molar-refractivity contribution is 7.98. The van der Waals surface area contributed by atoms with Crippen LogP contribution in [-0.4, -0.2) is 50.7 Å². The average molecular weight is 339 g/mol. The summed E-state index contributed by atoms with van der Waals surface area (Å²) in [6, 6.07) is -0.0871. The van der Waals surface area contributed by atoms with Gasteiger partial charge in [-0.15, -0.1) is 0 Å². The number of carbonyl (C=O) groups is 2. The predicted molar refractivity (Wildman–Crippen MR) is 90.7 cm³/mol. The van der Waals surface area contributed by atoms with Crippen molar-refractivity contribution in [3.63, 3.8) is 0 Å². The molecule has 0 aliphatic carbocycles. The standard InChI is InChI=1S/C16H25N3O3S/c1-6-10(2)19(9-15(21)22)14(20)8-7-13-11(3)17-16(23-5)18-12(13)4/h10H,6-9H2,1-5H3,(H,21,22). The highest BCUT2D eigenvalue weighted by Crippen LogP contribution is 2.18. The summed E-state index contributed by atoms with van der Waals surface area (Å²) in [5.41, 5.74) is 2.72. The first-order valence-corrected chi connectivity index (χ1v) is 8.91. The number of hydrogen-bond acceptors (Lipinski definition) is 5. The van der Waals surface area contributed by atoms with Crippen molar-refractivity contribution in [3.8, 4) is 0 Å². The second-order valence-corrected chi connectivity index (χ2v) is 6.31. The highest BCUT2D eigenvalue weighted by atomic mass is 32.2. The number of thioether (sulfide) groups is 1. The molecule has 23 heavy (non-hydrogen) atoms. The number of aryl methyl sites for hydroxylation is 2. The van der Waals surface area contributed by atoms with Gasteiger partial charge >= 0.3 is 5.97 Å². The zero-order chi connectivity index (χ0) is 17.6. The number of rotatable bonds is 8. The number of aliphatic carboxylic acids is 1. The maximum Gasteiger partial charge on any atom is 0.323 e. The maximum absolute atomic E-state index is 12.4. The quantitative estimate of drug-likeness (QED) is 0.578. The van der Waals surface area contributed by atoms with Gasteiger partial charge in [0.1, 0.15) is 6.54 Å². The minimum absolute atomic E-state index is 0.0871. The van der Waals surface area contributed by atoms with Crippen molar-refractivity contribution in [2.75, 3.05) is 12.8 Å². The van der Waals surface area contributed by atoms with Crippen LogP contribution in [0.3, 0.4) is 0 Å². The molecule has 1 N–H and O–H groups in total. The number of carboxylic acid groups (broad SMARTS) is 1. The molecule has 1 unspecified atom stereocenters. The fourth-order valence-electron chi connectivity index (χ4n) is 2.39. The van der Waals surface area contributed by atoms with Crippen LogP contribution >= 0.6 is 11.8 Å². The molecule has 0 aromatic carbocycles. The van der Waals surface area contributed by atoms with Crippen molar-refractivity contribution < 1.29 is 14.7 Å². The molecule has 0 bridgehead atoms. The van der Waals surface area contributed by atoms with E-state index in [0.717, 1.165) is 28.5 Å². The third-order valence-corrected chi connectivity index (χ3v) is 4.47. The SMILES string of the molecule is CCC(C)N(CC(=O)O)C(=O)CCc1c(C)nc(SC)nc1C. The van der Waals surface area contributed by atoms with Crippen LogP contribution in [0, 0.1) is 13.8 Å². The number of carboxylic acids is 1. The molecule has 7 heteroatoms. The molecule has 1 atom stereocenters. The molecule has 128 valence electrons. The van der Waals surface area contributed by atoms with E-state index in [1.165, 1.54) is 16.7 Å². The Hall–Kier alpha value is -1.63. The molecule has 1 rings (SSSR count). The van der Waals surface area contributed by atoms with Crippen molar-refractivity contribution in [1.29, 1.82) is 0 Å². The average Bonchev–Trinajstić information content (AvgIpc) is 2.50. The lowest BCUT2D eigenvalue weighted by Gasteiger charge is -2.27. The monoisotopic (exact) mass is 339 g/mol. The molecule has 0 saturated heterocycles. The van der Waals surface area contributed by atoms with Crippen LogP contribution in [0.1, 0.15) is 43.6 Å². The van der Waals surface area contributed by atoms with E-state index in [4.69, 9.17) is 5.11 Å². The molecule has 1 aromatic heterocycles. The van der Waals surface area contributed by atoms with E-state index in [0.29, 0.717) is 6.42 Å². The van der Waals surface area contributed by atoms with E-state index in [1.807, 2.05) is 34.0 Å². The molecular weight excluding hydrogens is 314 g/mol. The van der Waals surface area contributed by atoms with Gasteiger partial charge in [0.15, 0.2) is 5.16 Å². The van der Waals surface area contributed by atoms with Crippen molar-refractivity contribution in [2.45, 2.75) is 58.2 Å². The van der Waals surface area contributed by atoms with Crippen LogP contribution < -0.4 is 0 Å². The highest BCUT2D eigenvalue weighted by Gasteiger charge is 2.22. The van der Waals surface area contributed by atoms with Crippen LogP contribution in [0.2, 0.25) is 0 Å². The van der Waals surface area contributed by atoms with Gasteiger partial charge in [0.05, 0.1) is 0 Å². The van der Waals surface area contributed by atoms with E-state index in [2.05, 4.69) is 9.97 Å². The topological polar surface area (TPSA) is 83.4 Å². The van der Waals surface area contributed by atoms with Crippen LogP contribution in [0.5, 0.6) is 0 Å². The fourth-order valence-corrected chi connectivity index (χ4v) is 2.85. The van der Waals surface area contributed by atoms with Gasteiger partial charge in [-0.3, -0.25) is 9.59 Å². The van der Waals surface area contributed by atoms with E-state index >= 15 is 0 Å². The largest absolute Gasteiger partial charge is 0.480 e. The fraction of sp³-hybridized carbons (Fsp3) is 0.625. The van der Waals surface area contributed by atoms with Crippen molar-refractivity contribution in [1.82, 2.24) is 14.9 Å². The Balaban J connectivity index is 2.83. The smallest absolute Gasteiger partial charge is 0.323 e. The molecule has 0 saturated carbocycles. The number of nitrogens with zero attached hydrogens (tertiary/aromatic N) is 3. The molecule has 1 aromatic rings. The molecule has 0 aliphatic heterocycles. The Kier molecular flexibility index (Phi) is 7.48. The number of aromatic nitrogens is 2. The van der Waals surface area contributed by atoms with Crippen molar-refractivity contribution in [2.24, 2.45) is 0 Å². The molecule has 1 amide bonds. The molecule has 0 aliphatic rings.